The fourth-order valence-corrected chi connectivity index (χ4v) is 3.51. The van der Waals surface area contributed by atoms with Crippen molar-refractivity contribution >= 4 is 31.9 Å². The van der Waals surface area contributed by atoms with E-state index in [0.29, 0.717) is 10.0 Å². The molecule has 19 heavy (non-hydrogen) atoms. The zero-order valence-corrected chi connectivity index (χ0v) is 12.9. The highest BCUT2D eigenvalue weighted by atomic mass is 79.9. The van der Waals surface area contributed by atoms with Gasteiger partial charge in [-0.25, -0.2) is 17.9 Å². The largest absolute Gasteiger partial charge is 0.478 e. The third-order valence-electron chi connectivity index (χ3n) is 2.53. The standard InChI is InChI=1S/C12H14BrNO4S/c1-4-7(2)14-19(17,18)11-6-9(12(15)16)5-10(13)8(11)3/h4-7,14H,1H2,2-3H3,(H,15,16). The van der Waals surface area contributed by atoms with E-state index in [9.17, 15) is 13.2 Å². The van der Waals surface area contributed by atoms with Gasteiger partial charge in [-0.15, -0.1) is 6.58 Å². The van der Waals surface area contributed by atoms with Gasteiger partial charge in [0.25, 0.3) is 0 Å². The predicted octanol–water partition coefficient (Wildman–Crippen LogP) is 2.31. The molecule has 0 radical (unpaired) electrons. The fourth-order valence-electron chi connectivity index (χ4n) is 1.41. The number of carboxylic acid groups (broad SMARTS) is 1. The molecular weight excluding hydrogens is 334 g/mol. The van der Waals surface area contributed by atoms with Crippen LogP contribution in [0.4, 0.5) is 0 Å². The molecule has 1 aromatic carbocycles. The van der Waals surface area contributed by atoms with Crippen LogP contribution in [0.1, 0.15) is 22.8 Å². The number of halogens is 1. The van der Waals surface area contributed by atoms with Crippen molar-refractivity contribution in [1.29, 1.82) is 0 Å². The van der Waals surface area contributed by atoms with Crippen LogP contribution in [-0.4, -0.2) is 25.5 Å². The van der Waals surface area contributed by atoms with E-state index in [2.05, 4.69) is 27.2 Å². The molecule has 0 aliphatic heterocycles. The number of hydrogen-bond acceptors (Lipinski definition) is 3. The molecule has 1 rings (SSSR count). The number of nitrogens with one attached hydrogen (secondary N) is 1. The van der Waals surface area contributed by atoms with Gasteiger partial charge in [0.15, 0.2) is 0 Å². The van der Waals surface area contributed by atoms with Gasteiger partial charge in [-0.2, -0.15) is 0 Å². The van der Waals surface area contributed by atoms with E-state index < -0.39 is 22.0 Å². The summed E-state index contributed by atoms with van der Waals surface area (Å²) >= 11 is 3.17. The molecule has 0 saturated heterocycles. The summed E-state index contributed by atoms with van der Waals surface area (Å²) in [7, 11) is -3.80. The molecule has 1 atom stereocenters. The molecule has 2 N–H and O–H groups in total. The normalized spacial score (nSPS) is 13.0. The van der Waals surface area contributed by atoms with Crippen molar-refractivity contribution < 1.29 is 18.3 Å². The third kappa shape index (κ3) is 3.65. The average Bonchev–Trinajstić information content (AvgIpc) is 2.31. The molecule has 0 bridgehead atoms. The van der Waals surface area contributed by atoms with E-state index in [-0.39, 0.29) is 10.5 Å². The molecule has 5 nitrogen and oxygen atoms in total. The second-order valence-electron chi connectivity index (χ2n) is 4.03. The van der Waals surface area contributed by atoms with Crippen LogP contribution in [-0.2, 0) is 10.0 Å². The molecule has 1 aromatic rings. The minimum atomic E-state index is -3.80. The molecule has 7 heteroatoms. The van der Waals surface area contributed by atoms with Crippen LogP contribution in [0, 0.1) is 6.92 Å². The molecule has 0 saturated carbocycles. The lowest BCUT2D eigenvalue weighted by Crippen LogP contribution is -2.31. The molecule has 0 aliphatic rings. The van der Waals surface area contributed by atoms with Gasteiger partial charge in [-0.05, 0) is 31.5 Å². The Morgan fingerprint density at radius 3 is 2.58 bits per heavy atom. The number of carboxylic acids is 1. The average molecular weight is 348 g/mol. The summed E-state index contributed by atoms with van der Waals surface area (Å²) in [6.07, 6.45) is 1.45. The van der Waals surface area contributed by atoms with Crippen LogP contribution in [0.15, 0.2) is 34.2 Å². The van der Waals surface area contributed by atoms with Crippen molar-refractivity contribution in [3.05, 3.63) is 40.4 Å². The second kappa shape index (κ2) is 5.85. The molecule has 0 aromatic heterocycles. The van der Waals surface area contributed by atoms with Gasteiger partial charge in [-0.3, -0.25) is 0 Å². The van der Waals surface area contributed by atoms with Gasteiger partial charge >= 0.3 is 5.97 Å². The number of rotatable bonds is 5. The maximum Gasteiger partial charge on any atom is 0.335 e. The lowest BCUT2D eigenvalue weighted by atomic mass is 10.1. The van der Waals surface area contributed by atoms with Crippen molar-refractivity contribution in [2.75, 3.05) is 0 Å². The van der Waals surface area contributed by atoms with E-state index in [1.54, 1.807) is 13.8 Å². The summed E-state index contributed by atoms with van der Waals surface area (Å²) in [4.78, 5) is 10.9. The summed E-state index contributed by atoms with van der Waals surface area (Å²) in [5, 5.41) is 8.97. The van der Waals surface area contributed by atoms with Crippen molar-refractivity contribution in [2.24, 2.45) is 0 Å². The van der Waals surface area contributed by atoms with Gasteiger partial charge in [0.2, 0.25) is 10.0 Å². The first-order valence-corrected chi connectivity index (χ1v) is 7.65. The quantitative estimate of drug-likeness (QED) is 0.800. The Morgan fingerprint density at radius 1 is 1.53 bits per heavy atom. The van der Waals surface area contributed by atoms with Crippen molar-refractivity contribution in [1.82, 2.24) is 4.72 Å². The van der Waals surface area contributed by atoms with E-state index in [1.807, 2.05) is 0 Å². The molecule has 0 aliphatic carbocycles. The van der Waals surface area contributed by atoms with Crippen LogP contribution in [0.5, 0.6) is 0 Å². The van der Waals surface area contributed by atoms with Crippen LogP contribution in [0.3, 0.4) is 0 Å². The summed E-state index contributed by atoms with van der Waals surface area (Å²) < 4.78 is 27.2. The first-order valence-electron chi connectivity index (χ1n) is 5.37. The number of hydrogen-bond donors (Lipinski definition) is 2. The Balaban J connectivity index is 3.41. The molecule has 1 unspecified atom stereocenters. The smallest absolute Gasteiger partial charge is 0.335 e. The van der Waals surface area contributed by atoms with Crippen LogP contribution >= 0.6 is 15.9 Å². The van der Waals surface area contributed by atoms with Crippen LogP contribution < -0.4 is 4.72 Å². The minimum Gasteiger partial charge on any atom is -0.478 e. The Morgan fingerprint density at radius 2 is 2.11 bits per heavy atom. The lowest BCUT2D eigenvalue weighted by molar-refractivity contribution is 0.0696. The molecular formula is C12H14BrNO4S. The first kappa shape index (κ1) is 15.9. The van der Waals surface area contributed by atoms with Crippen molar-refractivity contribution in [3.8, 4) is 0 Å². The molecule has 0 spiro atoms. The zero-order valence-electron chi connectivity index (χ0n) is 10.5. The molecule has 104 valence electrons. The van der Waals surface area contributed by atoms with Gasteiger partial charge in [0, 0.05) is 10.5 Å². The SMILES string of the molecule is C=CC(C)NS(=O)(=O)c1cc(C(=O)O)cc(Br)c1C. The van der Waals surface area contributed by atoms with Crippen molar-refractivity contribution in [2.45, 2.75) is 24.8 Å². The van der Waals surface area contributed by atoms with E-state index in [1.165, 1.54) is 12.1 Å². The van der Waals surface area contributed by atoms with E-state index in [4.69, 9.17) is 5.11 Å². The number of sulfonamides is 1. The van der Waals surface area contributed by atoms with E-state index in [0.717, 1.165) is 6.07 Å². The third-order valence-corrected chi connectivity index (χ3v) is 5.04. The highest BCUT2D eigenvalue weighted by Gasteiger charge is 2.22. The van der Waals surface area contributed by atoms with Gasteiger partial charge in [0.05, 0.1) is 10.5 Å². The second-order valence-corrected chi connectivity index (χ2v) is 6.57. The number of benzene rings is 1. The van der Waals surface area contributed by atoms with E-state index >= 15 is 0 Å². The maximum absolute atomic E-state index is 12.2. The summed E-state index contributed by atoms with van der Waals surface area (Å²) in [6, 6.07) is 2.06. The minimum absolute atomic E-state index is 0.0621. The number of aromatic carboxylic acids is 1. The van der Waals surface area contributed by atoms with Gasteiger partial charge in [0.1, 0.15) is 0 Å². The highest BCUT2D eigenvalue weighted by molar-refractivity contribution is 9.10. The highest BCUT2D eigenvalue weighted by Crippen LogP contribution is 2.26. The Kier molecular flexibility index (Phi) is 4.89. The number of carbonyl (C=O) groups is 1. The lowest BCUT2D eigenvalue weighted by Gasteiger charge is -2.14. The molecule has 0 amide bonds. The van der Waals surface area contributed by atoms with Gasteiger partial charge < -0.3 is 5.11 Å². The topological polar surface area (TPSA) is 83.5 Å². The fraction of sp³-hybridized carbons (Fsp3) is 0.250. The molecule has 0 heterocycles. The maximum atomic E-state index is 12.2. The monoisotopic (exact) mass is 347 g/mol. The van der Waals surface area contributed by atoms with Crippen molar-refractivity contribution in [3.63, 3.8) is 0 Å². The molecule has 0 fully saturated rings. The van der Waals surface area contributed by atoms with Gasteiger partial charge in [-0.1, -0.05) is 22.0 Å². The zero-order chi connectivity index (χ0) is 14.8. The Hall–Kier alpha value is -1.18. The summed E-state index contributed by atoms with van der Waals surface area (Å²) in [5.74, 6) is -1.19. The Bertz CT molecular complexity index is 625. The van der Waals surface area contributed by atoms with Crippen LogP contribution in [0.2, 0.25) is 0 Å². The first-order chi connectivity index (χ1) is 8.69. The summed E-state index contributed by atoms with van der Waals surface area (Å²) in [6.45, 7) is 6.73. The predicted molar refractivity (Wildman–Crippen MR) is 75.8 cm³/mol. The Labute approximate surface area is 120 Å². The van der Waals surface area contributed by atoms with Crippen LogP contribution in [0.25, 0.3) is 0 Å². The summed E-state index contributed by atoms with van der Waals surface area (Å²) in [5.41, 5.74) is 0.359.